The summed E-state index contributed by atoms with van der Waals surface area (Å²) in [5, 5.41) is 14.1. The van der Waals surface area contributed by atoms with E-state index >= 15 is 0 Å². The van der Waals surface area contributed by atoms with Crippen LogP contribution in [0.5, 0.6) is 0 Å². The molecule has 2 aromatic rings. The first-order chi connectivity index (χ1) is 9.56. The quantitative estimate of drug-likeness (QED) is 0.808. The summed E-state index contributed by atoms with van der Waals surface area (Å²) in [6, 6.07) is 7.18. The van der Waals surface area contributed by atoms with Crippen molar-refractivity contribution in [1.29, 1.82) is 0 Å². The van der Waals surface area contributed by atoms with Gasteiger partial charge in [-0.05, 0) is 30.3 Å². The summed E-state index contributed by atoms with van der Waals surface area (Å²) in [6.45, 7) is 0.234. The van der Waals surface area contributed by atoms with E-state index in [-0.39, 0.29) is 17.1 Å². The second kappa shape index (κ2) is 6.12. The lowest BCUT2D eigenvalue weighted by atomic mass is 10.2. The maximum atomic E-state index is 11.6. The predicted molar refractivity (Wildman–Crippen MR) is 73.0 cm³/mol. The molecule has 0 aliphatic carbocycles. The Balaban J connectivity index is 1.97. The van der Waals surface area contributed by atoms with E-state index in [0.717, 1.165) is 0 Å². The van der Waals surface area contributed by atoms with Crippen molar-refractivity contribution >= 4 is 29.3 Å². The summed E-state index contributed by atoms with van der Waals surface area (Å²) in [7, 11) is 0. The molecule has 0 bridgehead atoms. The molecule has 0 saturated heterocycles. The molecule has 0 fully saturated rings. The zero-order chi connectivity index (χ0) is 14.5. The van der Waals surface area contributed by atoms with Crippen LogP contribution < -0.4 is 10.6 Å². The van der Waals surface area contributed by atoms with Gasteiger partial charge in [0.1, 0.15) is 5.76 Å². The van der Waals surface area contributed by atoms with Crippen molar-refractivity contribution in [3.8, 4) is 0 Å². The molecular weight excluding hydrogens is 284 g/mol. The van der Waals surface area contributed by atoms with Crippen molar-refractivity contribution in [2.45, 2.75) is 6.54 Å². The highest BCUT2D eigenvalue weighted by Gasteiger charge is 2.10. The Bertz CT molecular complexity index is 625. The van der Waals surface area contributed by atoms with Crippen LogP contribution in [0.15, 0.2) is 41.0 Å². The molecule has 0 atom stereocenters. The third-order valence-electron chi connectivity index (χ3n) is 2.46. The molecular formula is C13H11ClN2O4. The number of hydrogen-bond donors (Lipinski definition) is 3. The number of anilines is 1. The number of hydrogen-bond acceptors (Lipinski definition) is 3. The first-order valence-electron chi connectivity index (χ1n) is 5.66. The average molecular weight is 295 g/mol. The van der Waals surface area contributed by atoms with Gasteiger partial charge in [-0.15, -0.1) is 0 Å². The van der Waals surface area contributed by atoms with Gasteiger partial charge < -0.3 is 20.2 Å². The number of carboxylic acids is 1. The Morgan fingerprint density at radius 3 is 2.75 bits per heavy atom. The number of aromatic carboxylic acids is 1. The van der Waals surface area contributed by atoms with Crippen LogP contribution in [-0.4, -0.2) is 17.1 Å². The SMILES string of the molecule is O=C(NCc1ccco1)Nc1ccc(Cl)c(C(=O)O)c1. The number of nitrogens with one attached hydrogen (secondary N) is 2. The minimum atomic E-state index is -1.16. The van der Waals surface area contributed by atoms with E-state index in [0.29, 0.717) is 11.4 Å². The number of benzene rings is 1. The van der Waals surface area contributed by atoms with Crippen LogP contribution in [0.3, 0.4) is 0 Å². The summed E-state index contributed by atoms with van der Waals surface area (Å²) in [4.78, 5) is 22.5. The third-order valence-corrected chi connectivity index (χ3v) is 2.79. The van der Waals surface area contributed by atoms with Gasteiger partial charge in [0.2, 0.25) is 0 Å². The lowest BCUT2D eigenvalue weighted by Crippen LogP contribution is -2.28. The molecule has 1 heterocycles. The fourth-order valence-electron chi connectivity index (χ4n) is 1.52. The van der Waals surface area contributed by atoms with Crippen LogP contribution in [0.4, 0.5) is 10.5 Å². The Labute approximate surface area is 119 Å². The molecule has 104 valence electrons. The molecule has 2 amide bonds. The van der Waals surface area contributed by atoms with Gasteiger partial charge in [0.05, 0.1) is 23.4 Å². The number of urea groups is 1. The number of carbonyl (C=O) groups excluding carboxylic acids is 1. The molecule has 2 rings (SSSR count). The normalized spacial score (nSPS) is 10.1. The lowest BCUT2D eigenvalue weighted by Gasteiger charge is -2.08. The second-order valence-electron chi connectivity index (χ2n) is 3.89. The van der Waals surface area contributed by atoms with E-state index in [2.05, 4.69) is 10.6 Å². The third kappa shape index (κ3) is 3.52. The van der Waals surface area contributed by atoms with Gasteiger partial charge in [-0.2, -0.15) is 0 Å². The Kier molecular flexibility index (Phi) is 4.27. The molecule has 20 heavy (non-hydrogen) atoms. The highest BCUT2D eigenvalue weighted by molar-refractivity contribution is 6.33. The van der Waals surface area contributed by atoms with E-state index in [1.807, 2.05) is 0 Å². The lowest BCUT2D eigenvalue weighted by molar-refractivity contribution is 0.0697. The van der Waals surface area contributed by atoms with Crippen LogP contribution >= 0.6 is 11.6 Å². The van der Waals surface area contributed by atoms with Crippen molar-refractivity contribution in [3.05, 3.63) is 52.9 Å². The average Bonchev–Trinajstić information content (AvgIpc) is 2.91. The monoisotopic (exact) mass is 294 g/mol. The molecule has 0 unspecified atom stereocenters. The number of carboxylic acid groups (broad SMARTS) is 1. The van der Waals surface area contributed by atoms with Gasteiger partial charge in [0, 0.05) is 5.69 Å². The number of rotatable bonds is 4. The van der Waals surface area contributed by atoms with Crippen molar-refractivity contribution in [1.82, 2.24) is 5.32 Å². The van der Waals surface area contributed by atoms with E-state index in [4.69, 9.17) is 21.1 Å². The molecule has 7 heteroatoms. The summed E-state index contributed by atoms with van der Waals surface area (Å²) >= 11 is 5.73. The summed E-state index contributed by atoms with van der Waals surface area (Å²) in [5.41, 5.74) is 0.263. The van der Waals surface area contributed by atoms with Crippen LogP contribution in [0.1, 0.15) is 16.1 Å². The maximum absolute atomic E-state index is 11.6. The zero-order valence-electron chi connectivity index (χ0n) is 10.2. The van der Waals surface area contributed by atoms with Crippen molar-refractivity contribution < 1.29 is 19.1 Å². The van der Waals surface area contributed by atoms with Gasteiger partial charge in [-0.3, -0.25) is 0 Å². The molecule has 3 N–H and O–H groups in total. The van der Waals surface area contributed by atoms with Gasteiger partial charge >= 0.3 is 12.0 Å². The van der Waals surface area contributed by atoms with Gasteiger partial charge in [0.15, 0.2) is 0 Å². The Hall–Kier alpha value is -2.47. The molecule has 0 aliphatic rings. The van der Waals surface area contributed by atoms with E-state index < -0.39 is 12.0 Å². The smallest absolute Gasteiger partial charge is 0.337 e. The first-order valence-corrected chi connectivity index (χ1v) is 6.04. The number of amides is 2. The largest absolute Gasteiger partial charge is 0.478 e. The van der Waals surface area contributed by atoms with E-state index in [1.54, 1.807) is 12.1 Å². The molecule has 6 nitrogen and oxygen atoms in total. The van der Waals surface area contributed by atoms with Crippen LogP contribution in [0.2, 0.25) is 5.02 Å². The van der Waals surface area contributed by atoms with Crippen LogP contribution in [0.25, 0.3) is 0 Å². The van der Waals surface area contributed by atoms with Crippen molar-refractivity contribution in [2.24, 2.45) is 0 Å². The second-order valence-corrected chi connectivity index (χ2v) is 4.29. The molecule has 1 aromatic heterocycles. The highest BCUT2D eigenvalue weighted by atomic mass is 35.5. The number of carbonyl (C=O) groups is 2. The van der Waals surface area contributed by atoms with Gasteiger partial charge in [-0.25, -0.2) is 9.59 Å². The van der Waals surface area contributed by atoms with E-state index in [9.17, 15) is 9.59 Å². The molecule has 1 aromatic carbocycles. The Morgan fingerprint density at radius 2 is 2.10 bits per heavy atom. The fourth-order valence-corrected chi connectivity index (χ4v) is 1.72. The first kappa shape index (κ1) is 14.0. The van der Waals surface area contributed by atoms with Crippen molar-refractivity contribution in [2.75, 3.05) is 5.32 Å². The Morgan fingerprint density at radius 1 is 1.30 bits per heavy atom. The molecule has 0 saturated carbocycles. The standard InChI is InChI=1S/C13H11ClN2O4/c14-11-4-3-8(6-10(11)12(17)18)16-13(19)15-7-9-2-1-5-20-9/h1-6H,7H2,(H,17,18)(H2,15,16,19). The predicted octanol–water partition coefficient (Wildman–Crippen LogP) is 2.95. The fraction of sp³-hybridized carbons (Fsp3) is 0.0769. The van der Waals surface area contributed by atoms with Crippen LogP contribution in [-0.2, 0) is 6.54 Å². The number of furan rings is 1. The summed E-state index contributed by atoms with van der Waals surface area (Å²) < 4.78 is 5.06. The van der Waals surface area contributed by atoms with Crippen molar-refractivity contribution in [3.63, 3.8) is 0 Å². The van der Waals surface area contributed by atoms with E-state index in [1.165, 1.54) is 24.5 Å². The van der Waals surface area contributed by atoms with Crippen LogP contribution in [0, 0.1) is 0 Å². The minimum Gasteiger partial charge on any atom is -0.478 e. The summed E-state index contributed by atoms with van der Waals surface area (Å²) in [5.74, 6) is -0.544. The summed E-state index contributed by atoms with van der Waals surface area (Å²) in [6.07, 6.45) is 1.51. The molecule has 0 spiro atoms. The number of halogens is 1. The minimum absolute atomic E-state index is 0.0736. The van der Waals surface area contributed by atoms with Gasteiger partial charge in [0.25, 0.3) is 0 Å². The topological polar surface area (TPSA) is 91.6 Å². The molecule has 0 radical (unpaired) electrons. The highest BCUT2D eigenvalue weighted by Crippen LogP contribution is 2.20. The maximum Gasteiger partial charge on any atom is 0.337 e. The molecule has 0 aliphatic heterocycles. The zero-order valence-corrected chi connectivity index (χ0v) is 11.0. The van der Waals surface area contributed by atoms with Gasteiger partial charge in [-0.1, -0.05) is 11.6 Å².